The molecule has 1 fully saturated rings. The van der Waals surface area contributed by atoms with Crippen molar-refractivity contribution in [1.29, 1.82) is 0 Å². The van der Waals surface area contributed by atoms with Gasteiger partial charge in [0.1, 0.15) is 11.5 Å². The fourth-order valence-corrected chi connectivity index (χ4v) is 4.57. The highest BCUT2D eigenvalue weighted by molar-refractivity contribution is 5.91. The Hall–Kier alpha value is -3.21. The average Bonchev–Trinajstić information content (AvgIpc) is 3.27. The molecule has 1 saturated heterocycles. The van der Waals surface area contributed by atoms with Crippen molar-refractivity contribution in [3.63, 3.8) is 0 Å². The maximum atomic E-state index is 13.2. The first-order valence-corrected chi connectivity index (χ1v) is 12.0. The summed E-state index contributed by atoms with van der Waals surface area (Å²) in [6.07, 6.45) is 0.684. The minimum atomic E-state index is -0.0384. The summed E-state index contributed by atoms with van der Waals surface area (Å²) in [6, 6.07) is 18.7. The van der Waals surface area contributed by atoms with Crippen LogP contribution in [0, 0.1) is 6.92 Å². The molecule has 5 heteroatoms. The van der Waals surface area contributed by atoms with Crippen LogP contribution in [0.4, 0.5) is 5.69 Å². The number of carbonyl (C=O) groups excluding carboxylic acids is 1. The number of furan rings is 1. The number of ether oxygens (including phenoxy) is 1. The van der Waals surface area contributed by atoms with Gasteiger partial charge in [0.25, 0.3) is 5.91 Å². The topological polar surface area (TPSA) is 45.9 Å². The quantitative estimate of drug-likeness (QED) is 0.480. The number of benzene rings is 2. The van der Waals surface area contributed by atoms with Crippen LogP contribution in [-0.4, -0.2) is 43.6 Å². The van der Waals surface area contributed by atoms with Crippen molar-refractivity contribution >= 4 is 11.6 Å². The predicted octanol–water partition coefficient (Wildman–Crippen LogP) is 5.84. The van der Waals surface area contributed by atoms with E-state index in [4.69, 9.17) is 9.15 Å². The van der Waals surface area contributed by atoms with Crippen LogP contribution in [0.2, 0.25) is 0 Å². The highest BCUT2D eigenvalue weighted by Gasteiger charge is 2.29. The van der Waals surface area contributed by atoms with Crippen LogP contribution in [0.3, 0.4) is 0 Å². The summed E-state index contributed by atoms with van der Waals surface area (Å²) in [4.78, 5) is 17.4. The molecule has 1 aliphatic heterocycles. The van der Waals surface area contributed by atoms with Crippen molar-refractivity contribution in [2.24, 2.45) is 0 Å². The third-order valence-electron chi connectivity index (χ3n) is 6.75. The smallest absolute Gasteiger partial charge is 0.289 e. The number of methoxy groups -OCH3 is 1. The Morgan fingerprint density at radius 3 is 2.59 bits per heavy atom. The van der Waals surface area contributed by atoms with Gasteiger partial charge in [-0.05, 0) is 60.2 Å². The number of amides is 1. The third-order valence-corrected chi connectivity index (χ3v) is 6.75. The fourth-order valence-electron chi connectivity index (χ4n) is 4.57. The first kappa shape index (κ1) is 23.9. The highest BCUT2D eigenvalue weighted by atomic mass is 16.5. The lowest BCUT2D eigenvalue weighted by Crippen LogP contribution is -2.53. The number of hydrogen-bond donors (Lipinski definition) is 0. The summed E-state index contributed by atoms with van der Waals surface area (Å²) in [6.45, 7) is 13.0. The summed E-state index contributed by atoms with van der Waals surface area (Å²) in [7, 11) is 1.68. The SMILES string of the molecule is COc1cccc(N2CCN(C(=O)c3ccc(Cc4cc(C(C)(C)C)ccc4C)o3)CC2C)c1. The van der Waals surface area contributed by atoms with E-state index in [0.717, 1.165) is 23.7 Å². The molecule has 0 saturated carbocycles. The van der Waals surface area contributed by atoms with Crippen LogP contribution in [0.1, 0.15) is 60.7 Å². The van der Waals surface area contributed by atoms with Crippen LogP contribution in [-0.2, 0) is 11.8 Å². The second-order valence-electron chi connectivity index (χ2n) is 10.3. The molecule has 1 aliphatic rings. The number of piperazine rings is 1. The Morgan fingerprint density at radius 2 is 1.88 bits per heavy atom. The number of rotatable bonds is 5. The second kappa shape index (κ2) is 9.57. The summed E-state index contributed by atoms with van der Waals surface area (Å²) >= 11 is 0. The molecule has 34 heavy (non-hydrogen) atoms. The van der Waals surface area contributed by atoms with Crippen molar-refractivity contribution in [3.05, 3.63) is 82.8 Å². The molecule has 4 rings (SSSR count). The Balaban J connectivity index is 1.43. The van der Waals surface area contributed by atoms with Crippen molar-refractivity contribution in [2.45, 2.75) is 52.5 Å². The number of nitrogens with zero attached hydrogens (tertiary/aromatic N) is 2. The van der Waals surface area contributed by atoms with Gasteiger partial charge in [-0.2, -0.15) is 0 Å². The molecule has 0 bridgehead atoms. The molecule has 0 N–H and O–H groups in total. The largest absolute Gasteiger partial charge is 0.497 e. The standard InChI is InChI=1S/C29H36N2O3/c1-20-10-11-23(29(3,4)5)16-22(20)17-26-12-13-27(34-26)28(32)30-14-15-31(21(2)19-30)24-8-7-9-25(18-24)33-6/h7-13,16,18,21H,14-15,17,19H2,1-6H3. The van der Waals surface area contributed by atoms with E-state index >= 15 is 0 Å². The molecule has 0 aliphatic carbocycles. The molecule has 1 unspecified atom stereocenters. The molecule has 1 aromatic heterocycles. The van der Waals surface area contributed by atoms with Gasteiger partial charge in [0.15, 0.2) is 5.76 Å². The first-order valence-electron chi connectivity index (χ1n) is 12.0. The maximum Gasteiger partial charge on any atom is 0.289 e. The average molecular weight is 461 g/mol. The Kier molecular flexibility index (Phi) is 6.74. The van der Waals surface area contributed by atoms with Gasteiger partial charge in [-0.1, -0.05) is 45.0 Å². The van der Waals surface area contributed by atoms with Gasteiger partial charge in [0.2, 0.25) is 0 Å². The summed E-state index contributed by atoms with van der Waals surface area (Å²) in [5.74, 6) is 2.04. The summed E-state index contributed by atoms with van der Waals surface area (Å²) < 4.78 is 11.4. The Bertz CT molecular complexity index is 1160. The van der Waals surface area contributed by atoms with Gasteiger partial charge in [0.05, 0.1) is 7.11 Å². The van der Waals surface area contributed by atoms with E-state index in [1.807, 2.05) is 35.2 Å². The van der Waals surface area contributed by atoms with E-state index in [1.165, 1.54) is 16.7 Å². The van der Waals surface area contributed by atoms with Gasteiger partial charge in [-0.15, -0.1) is 0 Å². The number of aryl methyl sites for hydroxylation is 1. The Morgan fingerprint density at radius 1 is 1.09 bits per heavy atom. The zero-order valence-electron chi connectivity index (χ0n) is 21.2. The molecule has 0 spiro atoms. The van der Waals surface area contributed by atoms with Gasteiger partial charge < -0.3 is 19.0 Å². The van der Waals surface area contributed by atoms with Crippen LogP contribution < -0.4 is 9.64 Å². The van der Waals surface area contributed by atoms with Crippen molar-refractivity contribution in [3.8, 4) is 5.75 Å². The highest BCUT2D eigenvalue weighted by Crippen LogP contribution is 2.28. The number of hydrogen-bond acceptors (Lipinski definition) is 4. The molecule has 2 aromatic carbocycles. The predicted molar refractivity (Wildman–Crippen MR) is 137 cm³/mol. The summed E-state index contributed by atoms with van der Waals surface area (Å²) in [5, 5.41) is 0. The molecule has 5 nitrogen and oxygen atoms in total. The molecule has 1 atom stereocenters. The molecular weight excluding hydrogens is 424 g/mol. The monoisotopic (exact) mass is 460 g/mol. The Labute approximate surface area is 203 Å². The second-order valence-corrected chi connectivity index (χ2v) is 10.3. The number of anilines is 1. The third kappa shape index (κ3) is 5.14. The van der Waals surface area contributed by atoms with Crippen LogP contribution in [0.15, 0.2) is 59.0 Å². The van der Waals surface area contributed by atoms with E-state index in [2.05, 4.69) is 63.8 Å². The van der Waals surface area contributed by atoms with Crippen molar-refractivity contribution < 1.29 is 13.9 Å². The molecular formula is C29H36N2O3. The lowest BCUT2D eigenvalue weighted by atomic mass is 9.85. The minimum absolute atomic E-state index is 0.0384. The van der Waals surface area contributed by atoms with Crippen molar-refractivity contribution in [1.82, 2.24) is 4.90 Å². The molecule has 3 aromatic rings. The summed E-state index contributed by atoms with van der Waals surface area (Å²) in [5.41, 5.74) is 4.99. The van der Waals surface area contributed by atoms with Crippen molar-refractivity contribution in [2.75, 3.05) is 31.6 Å². The van der Waals surface area contributed by atoms with E-state index in [1.54, 1.807) is 7.11 Å². The van der Waals surface area contributed by atoms with E-state index in [9.17, 15) is 4.79 Å². The van der Waals surface area contributed by atoms with Gasteiger partial charge in [-0.3, -0.25) is 4.79 Å². The lowest BCUT2D eigenvalue weighted by molar-refractivity contribution is 0.0692. The normalized spacial score (nSPS) is 16.6. The number of carbonyl (C=O) groups is 1. The minimum Gasteiger partial charge on any atom is -0.497 e. The molecule has 1 amide bonds. The van der Waals surface area contributed by atoms with Gasteiger partial charge in [-0.25, -0.2) is 0 Å². The van der Waals surface area contributed by atoms with Gasteiger partial charge in [0, 0.05) is 43.9 Å². The maximum absolute atomic E-state index is 13.2. The lowest BCUT2D eigenvalue weighted by Gasteiger charge is -2.41. The van der Waals surface area contributed by atoms with Crippen LogP contribution in [0.25, 0.3) is 0 Å². The van der Waals surface area contributed by atoms with E-state index < -0.39 is 0 Å². The van der Waals surface area contributed by atoms with E-state index in [0.29, 0.717) is 25.3 Å². The first-order chi connectivity index (χ1) is 16.2. The fraction of sp³-hybridized carbons (Fsp3) is 0.414. The zero-order chi connectivity index (χ0) is 24.5. The molecule has 0 radical (unpaired) electrons. The molecule has 180 valence electrons. The van der Waals surface area contributed by atoms with Crippen LogP contribution >= 0.6 is 0 Å². The van der Waals surface area contributed by atoms with Gasteiger partial charge >= 0.3 is 0 Å². The van der Waals surface area contributed by atoms with Crippen LogP contribution in [0.5, 0.6) is 5.75 Å². The van der Waals surface area contributed by atoms with E-state index in [-0.39, 0.29) is 17.4 Å². The molecule has 2 heterocycles. The zero-order valence-corrected chi connectivity index (χ0v) is 21.2.